The van der Waals surface area contributed by atoms with Crippen LogP contribution in [0, 0.1) is 5.92 Å². The summed E-state index contributed by atoms with van der Waals surface area (Å²) in [5.74, 6) is 1.86. The van der Waals surface area contributed by atoms with Crippen molar-refractivity contribution < 1.29 is 19.1 Å². The van der Waals surface area contributed by atoms with Gasteiger partial charge in [0.05, 0.1) is 5.92 Å². The standard InChI is InChI=1S/C22H24N2O4S/c25-21-13-16(22(26)23-9-4-12-29-18-5-2-1-3-6-18)15-24(21)17-7-8-19-20(14-17)28-11-10-27-19/h1-3,5-8,14,16H,4,9-13,15H2,(H,23,26)/t16-/m1/s1. The number of rotatable bonds is 7. The van der Waals surface area contributed by atoms with Gasteiger partial charge in [0.1, 0.15) is 13.2 Å². The number of nitrogens with one attached hydrogen (secondary N) is 1. The lowest BCUT2D eigenvalue weighted by molar-refractivity contribution is -0.126. The molecule has 2 aliphatic rings. The number of fused-ring (bicyclic) bond motifs is 1. The molecule has 0 saturated carbocycles. The molecule has 2 aromatic rings. The minimum atomic E-state index is -0.322. The lowest BCUT2D eigenvalue weighted by Gasteiger charge is -2.22. The molecule has 29 heavy (non-hydrogen) atoms. The highest BCUT2D eigenvalue weighted by atomic mass is 32.2. The first-order valence-electron chi connectivity index (χ1n) is 9.86. The summed E-state index contributed by atoms with van der Waals surface area (Å²) >= 11 is 1.78. The van der Waals surface area contributed by atoms with Crippen LogP contribution in [0.2, 0.25) is 0 Å². The number of carbonyl (C=O) groups is 2. The van der Waals surface area contributed by atoms with Crippen LogP contribution >= 0.6 is 11.8 Å². The van der Waals surface area contributed by atoms with E-state index < -0.39 is 0 Å². The fourth-order valence-corrected chi connectivity index (χ4v) is 4.34. The van der Waals surface area contributed by atoms with Crippen LogP contribution in [0.15, 0.2) is 53.4 Å². The number of amides is 2. The van der Waals surface area contributed by atoms with E-state index in [0.29, 0.717) is 37.8 Å². The molecule has 1 saturated heterocycles. The van der Waals surface area contributed by atoms with Gasteiger partial charge < -0.3 is 19.7 Å². The summed E-state index contributed by atoms with van der Waals surface area (Å²) in [5.41, 5.74) is 0.744. The fourth-order valence-electron chi connectivity index (χ4n) is 3.47. The molecule has 7 heteroatoms. The molecule has 1 N–H and O–H groups in total. The van der Waals surface area contributed by atoms with Crippen LogP contribution in [0.5, 0.6) is 11.5 Å². The van der Waals surface area contributed by atoms with Crippen molar-refractivity contribution >= 4 is 29.3 Å². The highest BCUT2D eigenvalue weighted by molar-refractivity contribution is 7.99. The summed E-state index contributed by atoms with van der Waals surface area (Å²) in [6.45, 7) is 2.04. The maximum Gasteiger partial charge on any atom is 0.227 e. The second-order valence-electron chi connectivity index (χ2n) is 7.04. The van der Waals surface area contributed by atoms with Crippen LogP contribution in [-0.2, 0) is 9.59 Å². The second-order valence-corrected chi connectivity index (χ2v) is 8.21. The lowest BCUT2D eigenvalue weighted by Crippen LogP contribution is -2.33. The van der Waals surface area contributed by atoms with Gasteiger partial charge in [0.25, 0.3) is 0 Å². The summed E-state index contributed by atoms with van der Waals surface area (Å²) in [4.78, 5) is 27.8. The molecule has 1 fully saturated rings. The zero-order chi connectivity index (χ0) is 20.1. The first-order valence-corrected chi connectivity index (χ1v) is 10.8. The molecule has 0 aliphatic carbocycles. The maximum absolute atomic E-state index is 12.5. The Morgan fingerprint density at radius 2 is 1.90 bits per heavy atom. The van der Waals surface area contributed by atoms with Crippen LogP contribution in [0.1, 0.15) is 12.8 Å². The Labute approximate surface area is 174 Å². The van der Waals surface area contributed by atoms with Gasteiger partial charge >= 0.3 is 0 Å². The Bertz CT molecular complexity index is 874. The molecule has 0 radical (unpaired) electrons. The summed E-state index contributed by atoms with van der Waals surface area (Å²) < 4.78 is 11.1. The van der Waals surface area contributed by atoms with E-state index in [0.717, 1.165) is 17.9 Å². The quantitative estimate of drug-likeness (QED) is 0.559. The molecule has 152 valence electrons. The number of hydrogen-bond acceptors (Lipinski definition) is 5. The van der Waals surface area contributed by atoms with E-state index in [2.05, 4.69) is 17.4 Å². The summed E-state index contributed by atoms with van der Waals surface area (Å²) in [5, 5.41) is 2.98. The van der Waals surface area contributed by atoms with Crippen molar-refractivity contribution in [2.24, 2.45) is 5.92 Å². The Morgan fingerprint density at radius 3 is 2.72 bits per heavy atom. The molecule has 0 aromatic heterocycles. The van der Waals surface area contributed by atoms with Gasteiger partial charge in [0, 0.05) is 36.2 Å². The molecule has 0 spiro atoms. The largest absolute Gasteiger partial charge is 0.486 e. The van der Waals surface area contributed by atoms with Crippen molar-refractivity contribution in [1.29, 1.82) is 0 Å². The lowest BCUT2D eigenvalue weighted by atomic mass is 10.1. The number of carbonyl (C=O) groups excluding carboxylic acids is 2. The van der Waals surface area contributed by atoms with E-state index in [4.69, 9.17) is 9.47 Å². The van der Waals surface area contributed by atoms with Gasteiger partial charge in [-0.3, -0.25) is 9.59 Å². The molecule has 0 bridgehead atoms. The monoisotopic (exact) mass is 412 g/mol. The van der Waals surface area contributed by atoms with E-state index in [-0.39, 0.29) is 24.2 Å². The third-order valence-electron chi connectivity index (χ3n) is 4.97. The zero-order valence-corrected chi connectivity index (χ0v) is 17.0. The van der Waals surface area contributed by atoms with E-state index >= 15 is 0 Å². The topological polar surface area (TPSA) is 67.9 Å². The number of ether oxygens (including phenoxy) is 2. The highest BCUT2D eigenvalue weighted by Gasteiger charge is 2.35. The first kappa shape index (κ1) is 19.6. The minimum absolute atomic E-state index is 0.0403. The van der Waals surface area contributed by atoms with Crippen LogP contribution in [0.3, 0.4) is 0 Å². The Hall–Kier alpha value is -2.67. The van der Waals surface area contributed by atoms with Crippen LogP contribution in [-0.4, -0.2) is 43.9 Å². The molecule has 0 unspecified atom stereocenters. The molecular formula is C22H24N2O4S. The molecule has 2 aliphatic heterocycles. The third-order valence-corrected chi connectivity index (χ3v) is 6.06. The van der Waals surface area contributed by atoms with Gasteiger partial charge in [-0.05, 0) is 36.4 Å². The SMILES string of the molecule is O=C(NCCCSc1ccccc1)[C@@H]1CC(=O)N(c2ccc3c(c2)OCCO3)C1. The molecule has 2 amide bonds. The van der Waals surface area contributed by atoms with Crippen molar-refractivity contribution in [2.45, 2.75) is 17.7 Å². The number of nitrogens with zero attached hydrogens (tertiary/aromatic N) is 1. The number of anilines is 1. The van der Waals surface area contributed by atoms with Crippen molar-refractivity contribution in [2.75, 3.05) is 37.0 Å². The van der Waals surface area contributed by atoms with E-state index in [1.54, 1.807) is 16.7 Å². The van der Waals surface area contributed by atoms with Crippen molar-refractivity contribution in [3.8, 4) is 11.5 Å². The van der Waals surface area contributed by atoms with Gasteiger partial charge in [0.15, 0.2) is 11.5 Å². The smallest absolute Gasteiger partial charge is 0.227 e. The highest BCUT2D eigenvalue weighted by Crippen LogP contribution is 2.36. The third kappa shape index (κ3) is 4.85. The van der Waals surface area contributed by atoms with Gasteiger partial charge in [0.2, 0.25) is 11.8 Å². The second kappa shape index (κ2) is 9.22. The predicted molar refractivity (Wildman–Crippen MR) is 113 cm³/mol. The first-order chi connectivity index (χ1) is 14.2. The molecule has 2 aromatic carbocycles. The normalized spacial score (nSPS) is 18.0. The van der Waals surface area contributed by atoms with Crippen molar-refractivity contribution in [1.82, 2.24) is 5.32 Å². The molecule has 1 atom stereocenters. The van der Waals surface area contributed by atoms with Gasteiger partial charge in [-0.25, -0.2) is 0 Å². The molecule has 2 heterocycles. The number of benzene rings is 2. The summed E-state index contributed by atoms with van der Waals surface area (Å²) in [6, 6.07) is 15.7. The summed E-state index contributed by atoms with van der Waals surface area (Å²) in [6.07, 6.45) is 1.12. The fraction of sp³-hybridized carbons (Fsp3) is 0.364. The van der Waals surface area contributed by atoms with Crippen molar-refractivity contribution in [3.63, 3.8) is 0 Å². The summed E-state index contributed by atoms with van der Waals surface area (Å²) in [7, 11) is 0. The van der Waals surface area contributed by atoms with E-state index in [1.165, 1.54) is 4.90 Å². The average Bonchev–Trinajstić information content (AvgIpc) is 3.15. The predicted octanol–water partition coefficient (Wildman–Crippen LogP) is 3.11. The molecule has 6 nitrogen and oxygen atoms in total. The van der Waals surface area contributed by atoms with Gasteiger partial charge in [-0.15, -0.1) is 11.8 Å². The minimum Gasteiger partial charge on any atom is -0.486 e. The zero-order valence-electron chi connectivity index (χ0n) is 16.1. The van der Waals surface area contributed by atoms with Gasteiger partial charge in [-0.1, -0.05) is 18.2 Å². The van der Waals surface area contributed by atoms with Gasteiger partial charge in [-0.2, -0.15) is 0 Å². The van der Waals surface area contributed by atoms with Crippen LogP contribution < -0.4 is 19.7 Å². The van der Waals surface area contributed by atoms with Crippen LogP contribution in [0.4, 0.5) is 5.69 Å². The molecule has 4 rings (SSSR count). The maximum atomic E-state index is 12.5. The Morgan fingerprint density at radius 1 is 1.10 bits per heavy atom. The average molecular weight is 413 g/mol. The van der Waals surface area contributed by atoms with E-state index in [9.17, 15) is 9.59 Å². The number of thioether (sulfide) groups is 1. The molecular weight excluding hydrogens is 388 g/mol. The number of hydrogen-bond donors (Lipinski definition) is 1. The van der Waals surface area contributed by atoms with E-state index in [1.807, 2.05) is 36.4 Å². The Kier molecular flexibility index (Phi) is 6.24. The van der Waals surface area contributed by atoms with Crippen LogP contribution in [0.25, 0.3) is 0 Å². The Balaban J connectivity index is 1.25. The van der Waals surface area contributed by atoms with Crippen molar-refractivity contribution in [3.05, 3.63) is 48.5 Å².